The Morgan fingerprint density at radius 3 is 2.83 bits per heavy atom. The molecule has 29 heavy (non-hydrogen) atoms. The topological polar surface area (TPSA) is 58.6 Å². The summed E-state index contributed by atoms with van der Waals surface area (Å²) in [6.45, 7) is 4.23. The molecule has 0 unspecified atom stereocenters. The number of para-hydroxylation sites is 1. The number of quaternary nitrogens is 1. The molecule has 1 saturated heterocycles. The average Bonchev–Trinajstić information content (AvgIpc) is 3.42. The van der Waals surface area contributed by atoms with Crippen molar-refractivity contribution in [1.82, 2.24) is 10.3 Å². The van der Waals surface area contributed by atoms with Gasteiger partial charge in [-0.05, 0) is 29.3 Å². The first-order valence-corrected chi connectivity index (χ1v) is 10.5. The summed E-state index contributed by atoms with van der Waals surface area (Å²) in [5.74, 6) is 0.882. The van der Waals surface area contributed by atoms with Gasteiger partial charge in [0.2, 0.25) is 5.91 Å². The second-order valence-electron chi connectivity index (χ2n) is 7.88. The molecule has 0 radical (unpaired) electrons. The molecule has 152 valence electrons. The normalized spacial score (nSPS) is 15.5. The zero-order valence-corrected chi connectivity index (χ0v) is 17.0. The van der Waals surface area contributed by atoms with Gasteiger partial charge in [0.15, 0.2) is 0 Å². The van der Waals surface area contributed by atoms with E-state index < -0.39 is 0 Å². The molecule has 0 aliphatic carbocycles. The Morgan fingerprint density at radius 2 is 2.00 bits per heavy atom. The number of ether oxygens (including phenoxy) is 1. The number of methoxy groups -OCH3 is 1. The van der Waals surface area contributed by atoms with E-state index in [2.05, 4.69) is 28.5 Å². The lowest BCUT2D eigenvalue weighted by Gasteiger charge is -2.18. The quantitative estimate of drug-likeness (QED) is 0.552. The summed E-state index contributed by atoms with van der Waals surface area (Å²) in [4.78, 5) is 17.8. The van der Waals surface area contributed by atoms with Gasteiger partial charge in [-0.1, -0.05) is 30.3 Å². The van der Waals surface area contributed by atoms with Gasteiger partial charge in [0, 0.05) is 42.3 Å². The lowest BCUT2D eigenvalue weighted by atomic mass is 9.88. The third-order valence-electron chi connectivity index (χ3n) is 5.99. The van der Waals surface area contributed by atoms with E-state index in [1.807, 2.05) is 36.5 Å². The minimum atomic E-state index is -0.0274. The summed E-state index contributed by atoms with van der Waals surface area (Å²) in [6, 6.07) is 16.3. The molecule has 1 amide bonds. The SMILES string of the molecule is COc1cccc([C@@H](CC(=O)NCC[NH+]2CCCC2)c2c[nH]c3ccccc23)c1. The molecule has 1 aliphatic rings. The summed E-state index contributed by atoms with van der Waals surface area (Å²) in [5, 5.41) is 4.31. The molecule has 1 fully saturated rings. The lowest BCUT2D eigenvalue weighted by Crippen LogP contribution is -3.10. The zero-order valence-electron chi connectivity index (χ0n) is 17.0. The van der Waals surface area contributed by atoms with Gasteiger partial charge in [0.05, 0.1) is 33.3 Å². The number of likely N-dealkylation sites (tertiary alicyclic amines) is 1. The maximum atomic E-state index is 12.8. The van der Waals surface area contributed by atoms with Crippen LogP contribution in [0, 0.1) is 0 Å². The highest BCUT2D eigenvalue weighted by atomic mass is 16.5. The molecular formula is C24H30N3O2+. The smallest absolute Gasteiger partial charge is 0.221 e. The number of rotatable bonds is 8. The Labute approximate surface area is 172 Å². The van der Waals surface area contributed by atoms with Crippen LogP contribution in [0.25, 0.3) is 10.9 Å². The van der Waals surface area contributed by atoms with Crippen molar-refractivity contribution < 1.29 is 14.4 Å². The summed E-state index contributed by atoms with van der Waals surface area (Å²) in [5.41, 5.74) is 3.33. The van der Waals surface area contributed by atoms with E-state index in [1.165, 1.54) is 25.9 Å². The molecule has 5 nitrogen and oxygen atoms in total. The average molecular weight is 393 g/mol. The highest BCUT2D eigenvalue weighted by Crippen LogP contribution is 2.34. The second kappa shape index (κ2) is 9.14. The van der Waals surface area contributed by atoms with Crippen LogP contribution in [0.1, 0.15) is 36.3 Å². The van der Waals surface area contributed by atoms with Crippen molar-refractivity contribution >= 4 is 16.8 Å². The number of amides is 1. The van der Waals surface area contributed by atoms with Crippen LogP contribution in [0.15, 0.2) is 54.7 Å². The number of aromatic amines is 1. The van der Waals surface area contributed by atoms with Gasteiger partial charge < -0.3 is 19.9 Å². The van der Waals surface area contributed by atoms with Crippen LogP contribution in [0.4, 0.5) is 0 Å². The first-order valence-electron chi connectivity index (χ1n) is 10.5. The minimum Gasteiger partial charge on any atom is -0.497 e. The molecule has 1 atom stereocenters. The van der Waals surface area contributed by atoms with Gasteiger partial charge in [-0.15, -0.1) is 0 Å². The molecule has 5 heteroatoms. The van der Waals surface area contributed by atoms with Crippen molar-refractivity contribution in [2.75, 3.05) is 33.3 Å². The Bertz CT molecular complexity index is 959. The maximum Gasteiger partial charge on any atom is 0.221 e. The fourth-order valence-electron chi connectivity index (χ4n) is 4.41. The largest absolute Gasteiger partial charge is 0.497 e. The Hall–Kier alpha value is -2.79. The number of nitrogens with one attached hydrogen (secondary N) is 3. The molecule has 0 bridgehead atoms. The number of benzene rings is 2. The van der Waals surface area contributed by atoms with Crippen molar-refractivity contribution in [2.24, 2.45) is 0 Å². The van der Waals surface area contributed by atoms with E-state index in [4.69, 9.17) is 4.74 Å². The Morgan fingerprint density at radius 1 is 1.17 bits per heavy atom. The van der Waals surface area contributed by atoms with Gasteiger partial charge >= 0.3 is 0 Å². The van der Waals surface area contributed by atoms with Crippen LogP contribution in [0.5, 0.6) is 5.75 Å². The number of carbonyl (C=O) groups excluding carboxylic acids is 1. The molecule has 4 rings (SSSR count). The second-order valence-corrected chi connectivity index (χ2v) is 7.88. The van der Waals surface area contributed by atoms with Gasteiger partial charge in [-0.3, -0.25) is 4.79 Å². The molecule has 3 N–H and O–H groups in total. The van der Waals surface area contributed by atoms with E-state index in [1.54, 1.807) is 12.0 Å². The van der Waals surface area contributed by atoms with Crippen LogP contribution in [-0.4, -0.2) is 44.2 Å². The number of hydrogen-bond acceptors (Lipinski definition) is 2. The van der Waals surface area contributed by atoms with Crippen LogP contribution >= 0.6 is 0 Å². The predicted octanol–water partition coefficient (Wildman–Crippen LogP) is 2.49. The molecular weight excluding hydrogens is 362 g/mol. The van der Waals surface area contributed by atoms with Crippen molar-refractivity contribution in [3.63, 3.8) is 0 Å². The third-order valence-corrected chi connectivity index (χ3v) is 5.99. The monoisotopic (exact) mass is 392 g/mol. The number of aromatic nitrogens is 1. The highest BCUT2D eigenvalue weighted by Gasteiger charge is 2.22. The van der Waals surface area contributed by atoms with E-state index >= 15 is 0 Å². The fraction of sp³-hybridized carbons (Fsp3) is 0.375. The first-order chi connectivity index (χ1) is 14.2. The molecule has 1 aliphatic heterocycles. The minimum absolute atomic E-state index is 0.0274. The standard InChI is InChI=1S/C24H29N3O2/c1-29-19-8-6-7-18(15-19)21(22-17-26-23-10-3-2-9-20(22)23)16-24(28)25-11-14-27-12-4-5-13-27/h2-3,6-10,15,17,21,26H,4-5,11-14,16H2,1H3,(H,25,28)/p+1/t21-/m1/s1. The molecule has 2 aromatic carbocycles. The molecule has 2 heterocycles. The van der Waals surface area contributed by atoms with Crippen LogP contribution < -0.4 is 15.0 Å². The first kappa shape index (κ1) is 19.5. The number of fused-ring (bicyclic) bond motifs is 1. The fourth-order valence-corrected chi connectivity index (χ4v) is 4.41. The number of hydrogen-bond donors (Lipinski definition) is 3. The zero-order chi connectivity index (χ0) is 20.1. The van der Waals surface area contributed by atoms with E-state index in [0.29, 0.717) is 6.42 Å². The molecule has 3 aromatic rings. The summed E-state index contributed by atoms with van der Waals surface area (Å²) in [6.07, 6.45) is 5.07. The summed E-state index contributed by atoms with van der Waals surface area (Å²) < 4.78 is 5.43. The summed E-state index contributed by atoms with van der Waals surface area (Å²) >= 11 is 0. The van der Waals surface area contributed by atoms with Gasteiger partial charge in [-0.2, -0.15) is 0 Å². The lowest BCUT2D eigenvalue weighted by molar-refractivity contribution is -0.886. The predicted molar refractivity (Wildman–Crippen MR) is 116 cm³/mol. The molecule has 0 spiro atoms. The Balaban J connectivity index is 1.54. The van der Waals surface area contributed by atoms with Gasteiger partial charge in [0.1, 0.15) is 5.75 Å². The number of H-pyrrole nitrogens is 1. The van der Waals surface area contributed by atoms with Crippen molar-refractivity contribution in [3.05, 3.63) is 65.9 Å². The maximum absolute atomic E-state index is 12.8. The van der Waals surface area contributed by atoms with Gasteiger partial charge in [-0.25, -0.2) is 0 Å². The highest BCUT2D eigenvalue weighted by molar-refractivity contribution is 5.86. The van der Waals surface area contributed by atoms with Crippen molar-refractivity contribution in [3.8, 4) is 5.75 Å². The number of carbonyl (C=O) groups is 1. The molecule has 1 aromatic heterocycles. The van der Waals surface area contributed by atoms with Crippen LogP contribution in [0.2, 0.25) is 0 Å². The summed E-state index contributed by atoms with van der Waals surface area (Å²) in [7, 11) is 1.67. The van der Waals surface area contributed by atoms with Crippen LogP contribution in [0.3, 0.4) is 0 Å². The van der Waals surface area contributed by atoms with Crippen molar-refractivity contribution in [1.29, 1.82) is 0 Å². The van der Waals surface area contributed by atoms with E-state index in [0.717, 1.165) is 40.9 Å². The molecule has 0 saturated carbocycles. The third kappa shape index (κ3) is 4.62. The van der Waals surface area contributed by atoms with Gasteiger partial charge in [0.25, 0.3) is 0 Å². The van der Waals surface area contributed by atoms with E-state index in [-0.39, 0.29) is 11.8 Å². The van der Waals surface area contributed by atoms with E-state index in [9.17, 15) is 4.79 Å². The van der Waals surface area contributed by atoms with Crippen LogP contribution in [-0.2, 0) is 4.79 Å². The Kier molecular flexibility index (Phi) is 6.15. The van der Waals surface area contributed by atoms with Crippen molar-refractivity contribution in [2.45, 2.75) is 25.2 Å².